The summed E-state index contributed by atoms with van der Waals surface area (Å²) in [5, 5.41) is 9.56. The Balaban J connectivity index is 1.42. The zero-order chi connectivity index (χ0) is 22.7. The van der Waals surface area contributed by atoms with Crippen molar-refractivity contribution in [2.45, 2.75) is 12.0 Å². The summed E-state index contributed by atoms with van der Waals surface area (Å²) in [5.41, 5.74) is 4.45. The van der Waals surface area contributed by atoms with E-state index in [1.165, 1.54) is 11.0 Å². The van der Waals surface area contributed by atoms with Gasteiger partial charge in [-0.3, -0.25) is 4.90 Å². The molecule has 0 saturated carbocycles. The number of carbonyl (C=O) groups excluding carboxylic acids is 2. The molecule has 166 valence electrons. The summed E-state index contributed by atoms with van der Waals surface area (Å²) >= 11 is 0. The third kappa shape index (κ3) is 4.03. The molecule has 0 unspecified atom stereocenters. The first-order valence-electron chi connectivity index (χ1n) is 10.4. The summed E-state index contributed by atoms with van der Waals surface area (Å²) in [6.07, 6.45) is 0.0577. The van der Waals surface area contributed by atoms with E-state index in [2.05, 4.69) is 18.7 Å². The number of benzene rings is 2. The SMILES string of the molecule is C=CCOC(=O)N1CCN(C(=O)OCC2c3ccccc3-c3ccccc32)C[C@H]1C(=O)O. The van der Waals surface area contributed by atoms with Gasteiger partial charge in [0, 0.05) is 19.0 Å². The summed E-state index contributed by atoms with van der Waals surface area (Å²) in [6, 6.07) is 14.8. The molecule has 1 fully saturated rings. The molecule has 32 heavy (non-hydrogen) atoms. The molecular formula is C24H24N2O6. The molecule has 8 heteroatoms. The fourth-order valence-electron chi connectivity index (χ4n) is 4.28. The van der Waals surface area contributed by atoms with Crippen LogP contribution >= 0.6 is 0 Å². The van der Waals surface area contributed by atoms with Crippen LogP contribution < -0.4 is 0 Å². The van der Waals surface area contributed by atoms with Gasteiger partial charge in [-0.1, -0.05) is 61.2 Å². The van der Waals surface area contributed by atoms with Crippen molar-refractivity contribution in [3.63, 3.8) is 0 Å². The molecule has 1 heterocycles. The van der Waals surface area contributed by atoms with Crippen LogP contribution in [0.3, 0.4) is 0 Å². The number of hydrogen-bond donors (Lipinski definition) is 1. The Morgan fingerprint density at radius 1 is 0.969 bits per heavy atom. The average Bonchev–Trinajstić information content (AvgIpc) is 3.14. The smallest absolute Gasteiger partial charge is 0.410 e. The van der Waals surface area contributed by atoms with Gasteiger partial charge in [-0.2, -0.15) is 0 Å². The largest absolute Gasteiger partial charge is 0.480 e. The van der Waals surface area contributed by atoms with Crippen LogP contribution in [0.2, 0.25) is 0 Å². The first-order valence-corrected chi connectivity index (χ1v) is 10.4. The van der Waals surface area contributed by atoms with E-state index in [0.717, 1.165) is 27.2 Å². The maximum Gasteiger partial charge on any atom is 0.410 e. The van der Waals surface area contributed by atoms with Crippen LogP contribution in [-0.4, -0.2) is 72.0 Å². The van der Waals surface area contributed by atoms with Gasteiger partial charge in [0.2, 0.25) is 0 Å². The second-order valence-corrected chi connectivity index (χ2v) is 7.66. The number of carboxylic acid groups (broad SMARTS) is 1. The van der Waals surface area contributed by atoms with Crippen molar-refractivity contribution >= 4 is 18.2 Å². The number of carbonyl (C=O) groups is 3. The lowest BCUT2D eigenvalue weighted by atomic mass is 9.98. The van der Waals surface area contributed by atoms with Crippen molar-refractivity contribution in [3.8, 4) is 11.1 Å². The lowest BCUT2D eigenvalue weighted by molar-refractivity contribution is -0.144. The molecule has 2 aromatic carbocycles. The molecule has 0 spiro atoms. The Kier molecular flexibility index (Phi) is 6.11. The van der Waals surface area contributed by atoms with Crippen molar-refractivity contribution in [1.82, 2.24) is 9.80 Å². The second-order valence-electron chi connectivity index (χ2n) is 7.66. The maximum absolute atomic E-state index is 12.8. The van der Waals surface area contributed by atoms with Gasteiger partial charge >= 0.3 is 18.2 Å². The molecule has 2 amide bonds. The molecule has 2 aromatic rings. The molecule has 2 aliphatic rings. The number of aliphatic carboxylic acids is 1. The molecule has 4 rings (SSSR count). The fraction of sp³-hybridized carbons (Fsp3) is 0.292. The van der Waals surface area contributed by atoms with E-state index < -0.39 is 24.2 Å². The van der Waals surface area contributed by atoms with Crippen LogP contribution in [0.1, 0.15) is 17.0 Å². The fourth-order valence-corrected chi connectivity index (χ4v) is 4.28. The monoisotopic (exact) mass is 436 g/mol. The number of carboxylic acids is 1. The topological polar surface area (TPSA) is 96.4 Å². The van der Waals surface area contributed by atoms with Crippen LogP contribution in [0.25, 0.3) is 11.1 Å². The average molecular weight is 436 g/mol. The van der Waals surface area contributed by atoms with Gasteiger partial charge in [-0.05, 0) is 22.3 Å². The van der Waals surface area contributed by atoms with Gasteiger partial charge in [-0.15, -0.1) is 0 Å². The highest BCUT2D eigenvalue weighted by molar-refractivity contribution is 5.82. The number of hydrogen-bond acceptors (Lipinski definition) is 5. The Morgan fingerprint density at radius 3 is 2.19 bits per heavy atom. The molecule has 0 aromatic heterocycles. The van der Waals surface area contributed by atoms with E-state index in [-0.39, 0.29) is 38.8 Å². The highest BCUT2D eigenvalue weighted by atomic mass is 16.6. The summed E-state index contributed by atoms with van der Waals surface area (Å²) in [6.45, 7) is 3.62. The minimum atomic E-state index is -1.21. The molecule has 0 radical (unpaired) electrons. The number of rotatable bonds is 5. The molecule has 0 bridgehead atoms. The summed E-state index contributed by atoms with van der Waals surface area (Å²) in [5.74, 6) is -1.30. The molecule has 1 N–H and O–H groups in total. The van der Waals surface area contributed by atoms with E-state index in [1.54, 1.807) is 0 Å². The van der Waals surface area contributed by atoms with Gasteiger partial charge in [0.25, 0.3) is 0 Å². The van der Waals surface area contributed by atoms with Gasteiger partial charge in [0.15, 0.2) is 6.04 Å². The van der Waals surface area contributed by atoms with Gasteiger partial charge < -0.3 is 19.5 Å². The first kappa shape index (κ1) is 21.4. The first-order chi connectivity index (χ1) is 15.5. The lowest BCUT2D eigenvalue weighted by Crippen LogP contribution is -2.59. The number of nitrogens with zero attached hydrogens (tertiary/aromatic N) is 2. The van der Waals surface area contributed by atoms with Crippen molar-refractivity contribution in [2.75, 3.05) is 32.8 Å². The molecule has 1 aliphatic carbocycles. The highest BCUT2D eigenvalue weighted by Gasteiger charge is 2.39. The van der Waals surface area contributed by atoms with Gasteiger partial charge in [0.05, 0.1) is 6.54 Å². The minimum absolute atomic E-state index is 0.0161. The van der Waals surface area contributed by atoms with Crippen LogP contribution in [0.5, 0.6) is 0 Å². The van der Waals surface area contributed by atoms with Crippen LogP contribution in [0.4, 0.5) is 9.59 Å². The predicted molar refractivity (Wildman–Crippen MR) is 116 cm³/mol. The van der Waals surface area contributed by atoms with Crippen LogP contribution in [0, 0.1) is 0 Å². The minimum Gasteiger partial charge on any atom is -0.480 e. The number of piperazine rings is 1. The number of amides is 2. The normalized spacial score (nSPS) is 17.3. The molecule has 1 aliphatic heterocycles. The Bertz CT molecular complexity index is 1010. The zero-order valence-electron chi connectivity index (χ0n) is 17.5. The third-order valence-electron chi connectivity index (χ3n) is 5.82. The summed E-state index contributed by atoms with van der Waals surface area (Å²) in [7, 11) is 0. The molecule has 1 atom stereocenters. The van der Waals surface area contributed by atoms with E-state index in [1.807, 2.05) is 36.4 Å². The van der Waals surface area contributed by atoms with Crippen molar-refractivity contribution < 1.29 is 29.0 Å². The Labute approximate surface area is 185 Å². The Hall–Kier alpha value is -3.81. The molecule has 1 saturated heterocycles. The third-order valence-corrected chi connectivity index (χ3v) is 5.82. The van der Waals surface area contributed by atoms with Crippen molar-refractivity contribution in [3.05, 3.63) is 72.3 Å². The Morgan fingerprint density at radius 2 is 1.59 bits per heavy atom. The zero-order valence-corrected chi connectivity index (χ0v) is 17.5. The molecular weight excluding hydrogens is 412 g/mol. The van der Waals surface area contributed by atoms with E-state index in [0.29, 0.717) is 0 Å². The van der Waals surface area contributed by atoms with Crippen LogP contribution in [0.15, 0.2) is 61.2 Å². The maximum atomic E-state index is 12.8. The molecule has 8 nitrogen and oxygen atoms in total. The van der Waals surface area contributed by atoms with Crippen molar-refractivity contribution in [1.29, 1.82) is 0 Å². The van der Waals surface area contributed by atoms with Crippen LogP contribution in [-0.2, 0) is 14.3 Å². The van der Waals surface area contributed by atoms with Gasteiger partial charge in [-0.25, -0.2) is 14.4 Å². The van der Waals surface area contributed by atoms with Crippen molar-refractivity contribution in [2.24, 2.45) is 0 Å². The lowest BCUT2D eigenvalue weighted by Gasteiger charge is -2.38. The van der Waals surface area contributed by atoms with Gasteiger partial charge in [0.1, 0.15) is 13.2 Å². The quantitative estimate of drug-likeness (QED) is 0.723. The van der Waals surface area contributed by atoms with E-state index in [9.17, 15) is 19.5 Å². The second kappa shape index (κ2) is 9.13. The summed E-state index contributed by atoms with van der Waals surface area (Å²) < 4.78 is 10.6. The van der Waals surface area contributed by atoms with E-state index >= 15 is 0 Å². The highest BCUT2D eigenvalue weighted by Crippen LogP contribution is 2.44. The standard InChI is InChI=1S/C24H24N2O6/c1-2-13-31-24(30)26-12-11-25(14-21(26)22(27)28)23(29)32-15-20-18-9-5-3-7-16(18)17-8-4-6-10-19(17)20/h2-10,20-21H,1,11-15H2,(H,27,28)/t21-/m0/s1. The predicted octanol–water partition coefficient (Wildman–Crippen LogP) is 3.33. The number of ether oxygens (including phenoxy) is 2. The van der Waals surface area contributed by atoms with E-state index in [4.69, 9.17) is 9.47 Å². The number of fused-ring (bicyclic) bond motifs is 3. The summed E-state index contributed by atoms with van der Waals surface area (Å²) in [4.78, 5) is 39.0.